The summed E-state index contributed by atoms with van der Waals surface area (Å²) < 4.78 is 10.6. The van der Waals surface area contributed by atoms with E-state index in [4.69, 9.17) is 9.47 Å². The normalized spacial score (nSPS) is 16.3. The molecule has 4 rings (SSSR count). The topological polar surface area (TPSA) is 79.9 Å². The number of fused-ring (bicyclic) bond motifs is 1. The Morgan fingerprint density at radius 2 is 1.63 bits per heavy atom. The van der Waals surface area contributed by atoms with Crippen molar-refractivity contribution in [2.45, 2.75) is 26.7 Å². The van der Waals surface area contributed by atoms with Crippen molar-refractivity contribution in [2.75, 3.05) is 37.1 Å². The summed E-state index contributed by atoms with van der Waals surface area (Å²) in [6, 6.07) is 11.4. The minimum absolute atomic E-state index is 0.00760. The van der Waals surface area contributed by atoms with Gasteiger partial charge in [0.05, 0.1) is 6.54 Å². The molecule has 0 spiro atoms. The highest BCUT2D eigenvalue weighted by atomic mass is 16.7. The molecule has 0 bridgehead atoms. The van der Waals surface area contributed by atoms with Gasteiger partial charge in [-0.25, -0.2) is 0 Å². The Morgan fingerprint density at radius 3 is 2.37 bits per heavy atom. The van der Waals surface area contributed by atoms with Gasteiger partial charge in [0.1, 0.15) is 0 Å². The molecular weight excluding hydrogens is 382 g/mol. The Balaban J connectivity index is 1.24. The van der Waals surface area contributed by atoms with Gasteiger partial charge in [-0.1, -0.05) is 6.07 Å². The average molecular weight is 409 g/mol. The van der Waals surface area contributed by atoms with E-state index in [-0.39, 0.29) is 24.5 Å². The molecule has 1 saturated heterocycles. The monoisotopic (exact) mass is 409 g/mol. The molecule has 2 N–H and O–H groups in total. The number of hydrogen-bond acceptors (Lipinski definition) is 5. The smallest absolute Gasteiger partial charge is 0.238 e. The Kier molecular flexibility index (Phi) is 5.90. The van der Waals surface area contributed by atoms with Crippen molar-refractivity contribution in [1.82, 2.24) is 4.90 Å². The van der Waals surface area contributed by atoms with Gasteiger partial charge in [-0.05, 0) is 75.2 Å². The molecule has 2 aliphatic rings. The molecule has 2 amide bonds. The number of carbonyl (C=O) groups is 2. The number of carbonyl (C=O) groups excluding carboxylic acids is 2. The van der Waals surface area contributed by atoms with Crippen molar-refractivity contribution in [3.05, 3.63) is 47.5 Å². The van der Waals surface area contributed by atoms with E-state index in [1.807, 2.05) is 32.0 Å². The molecule has 0 aliphatic carbocycles. The van der Waals surface area contributed by atoms with E-state index in [1.165, 1.54) is 0 Å². The number of anilines is 2. The van der Waals surface area contributed by atoms with Crippen molar-refractivity contribution in [2.24, 2.45) is 5.92 Å². The first-order valence-corrected chi connectivity index (χ1v) is 10.3. The first-order valence-electron chi connectivity index (χ1n) is 10.3. The molecule has 0 unspecified atom stereocenters. The van der Waals surface area contributed by atoms with Gasteiger partial charge in [0.25, 0.3) is 0 Å². The van der Waals surface area contributed by atoms with Crippen LogP contribution in [0.5, 0.6) is 11.5 Å². The van der Waals surface area contributed by atoms with Gasteiger partial charge < -0.3 is 20.1 Å². The van der Waals surface area contributed by atoms with E-state index in [2.05, 4.69) is 21.6 Å². The maximum Gasteiger partial charge on any atom is 0.238 e. The van der Waals surface area contributed by atoms with Crippen LogP contribution in [0.25, 0.3) is 0 Å². The number of aryl methyl sites for hydroxylation is 2. The van der Waals surface area contributed by atoms with Crippen LogP contribution < -0.4 is 20.1 Å². The predicted octanol–water partition coefficient (Wildman–Crippen LogP) is 3.32. The van der Waals surface area contributed by atoms with E-state index >= 15 is 0 Å². The number of benzene rings is 2. The molecule has 0 saturated carbocycles. The third kappa shape index (κ3) is 4.91. The quantitative estimate of drug-likeness (QED) is 0.792. The molecule has 0 atom stereocenters. The molecule has 158 valence electrons. The summed E-state index contributed by atoms with van der Waals surface area (Å²) in [5.41, 5.74) is 3.79. The minimum atomic E-state index is -0.0610. The molecule has 0 radical (unpaired) electrons. The van der Waals surface area contributed by atoms with Crippen molar-refractivity contribution < 1.29 is 19.1 Å². The Hall–Kier alpha value is -3.06. The number of nitrogens with one attached hydrogen (secondary N) is 2. The maximum absolute atomic E-state index is 12.6. The van der Waals surface area contributed by atoms with Gasteiger partial charge in [-0.3, -0.25) is 14.5 Å². The summed E-state index contributed by atoms with van der Waals surface area (Å²) in [4.78, 5) is 27.1. The highest BCUT2D eigenvalue weighted by Gasteiger charge is 2.26. The fourth-order valence-corrected chi connectivity index (χ4v) is 4.02. The van der Waals surface area contributed by atoms with Crippen molar-refractivity contribution in [3.63, 3.8) is 0 Å². The van der Waals surface area contributed by atoms with E-state index in [0.717, 1.165) is 42.7 Å². The second kappa shape index (κ2) is 8.75. The average Bonchev–Trinajstić information content (AvgIpc) is 3.15. The van der Waals surface area contributed by atoms with Crippen LogP contribution in [0, 0.1) is 19.8 Å². The van der Waals surface area contributed by atoms with Crippen LogP contribution in [0.15, 0.2) is 36.4 Å². The molecular formula is C23H27N3O4. The van der Waals surface area contributed by atoms with Gasteiger partial charge in [0.15, 0.2) is 11.5 Å². The first kappa shape index (κ1) is 20.2. The molecule has 2 aliphatic heterocycles. The summed E-state index contributed by atoms with van der Waals surface area (Å²) in [5.74, 6) is 1.27. The maximum atomic E-state index is 12.6. The fourth-order valence-electron chi connectivity index (χ4n) is 4.02. The fraction of sp³-hybridized carbons (Fsp3) is 0.391. The summed E-state index contributed by atoms with van der Waals surface area (Å²) in [6.45, 7) is 6.02. The lowest BCUT2D eigenvalue weighted by atomic mass is 9.95. The molecule has 0 aromatic heterocycles. The van der Waals surface area contributed by atoms with Crippen LogP contribution in [0.3, 0.4) is 0 Å². The second-order valence-corrected chi connectivity index (χ2v) is 8.03. The molecule has 2 heterocycles. The van der Waals surface area contributed by atoms with Crippen LogP contribution in [-0.4, -0.2) is 43.1 Å². The lowest BCUT2D eigenvalue weighted by Gasteiger charge is -2.30. The van der Waals surface area contributed by atoms with Crippen LogP contribution >= 0.6 is 0 Å². The van der Waals surface area contributed by atoms with Crippen LogP contribution in [-0.2, 0) is 9.59 Å². The summed E-state index contributed by atoms with van der Waals surface area (Å²) in [7, 11) is 0. The van der Waals surface area contributed by atoms with E-state index in [1.54, 1.807) is 12.1 Å². The summed E-state index contributed by atoms with van der Waals surface area (Å²) in [5, 5.41) is 5.94. The number of piperidine rings is 1. The molecule has 7 heteroatoms. The number of likely N-dealkylation sites (tertiary alicyclic amines) is 1. The number of nitrogens with zero attached hydrogens (tertiary/aromatic N) is 1. The van der Waals surface area contributed by atoms with Crippen LogP contribution in [0.4, 0.5) is 11.4 Å². The molecule has 7 nitrogen and oxygen atoms in total. The number of ether oxygens (including phenoxy) is 2. The molecule has 30 heavy (non-hydrogen) atoms. The highest BCUT2D eigenvalue weighted by molar-refractivity contribution is 5.93. The number of hydrogen-bond donors (Lipinski definition) is 2. The molecule has 2 aromatic rings. The molecule has 1 fully saturated rings. The minimum Gasteiger partial charge on any atom is -0.454 e. The van der Waals surface area contributed by atoms with Crippen LogP contribution in [0.2, 0.25) is 0 Å². The third-order valence-electron chi connectivity index (χ3n) is 5.47. The SMILES string of the molecule is Cc1cc(C)cc(NC(=O)CN2CCC(C(=O)Nc3ccc4c(c3)OCO4)CC2)c1. The zero-order chi connectivity index (χ0) is 21.1. The van der Waals surface area contributed by atoms with E-state index < -0.39 is 0 Å². The largest absolute Gasteiger partial charge is 0.454 e. The number of rotatable bonds is 5. The Labute approximate surface area is 176 Å². The lowest BCUT2D eigenvalue weighted by Crippen LogP contribution is -2.41. The summed E-state index contributed by atoms with van der Waals surface area (Å²) >= 11 is 0. The van der Waals surface area contributed by atoms with Gasteiger partial charge in [0.2, 0.25) is 18.6 Å². The Bertz CT molecular complexity index is 931. The first-order chi connectivity index (χ1) is 14.5. The Morgan fingerprint density at radius 1 is 0.933 bits per heavy atom. The van der Waals surface area contributed by atoms with Gasteiger partial charge in [0, 0.05) is 23.4 Å². The zero-order valence-corrected chi connectivity index (χ0v) is 17.4. The highest BCUT2D eigenvalue weighted by Crippen LogP contribution is 2.34. The van der Waals surface area contributed by atoms with Crippen molar-refractivity contribution in [3.8, 4) is 11.5 Å². The molecule has 2 aromatic carbocycles. The van der Waals surface area contributed by atoms with E-state index in [9.17, 15) is 9.59 Å². The third-order valence-corrected chi connectivity index (χ3v) is 5.47. The van der Waals surface area contributed by atoms with Crippen LogP contribution in [0.1, 0.15) is 24.0 Å². The van der Waals surface area contributed by atoms with Gasteiger partial charge in [-0.15, -0.1) is 0 Å². The second-order valence-electron chi connectivity index (χ2n) is 8.03. The van der Waals surface area contributed by atoms with Gasteiger partial charge >= 0.3 is 0 Å². The predicted molar refractivity (Wildman–Crippen MR) is 115 cm³/mol. The summed E-state index contributed by atoms with van der Waals surface area (Å²) in [6.07, 6.45) is 1.46. The lowest BCUT2D eigenvalue weighted by molar-refractivity contribution is -0.121. The van der Waals surface area contributed by atoms with Crippen molar-refractivity contribution >= 4 is 23.2 Å². The zero-order valence-electron chi connectivity index (χ0n) is 17.4. The van der Waals surface area contributed by atoms with Gasteiger partial charge in [-0.2, -0.15) is 0 Å². The van der Waals surface area contributed by atoms with E-state index in [0.29, 0.717) is 23.7 Å². The standard InChI is InChI=1S/C23H27N3O4/c1-15-9-16(2)11-19(10-15)24-22(27)13-26-7-5-17(6-8-26)23(28)25-18-3-4-20-21(12-18)30-14-29-20/h3-4,9-12,17H,5-8,13-14H2,1-2H3,(H,24,27)(H,25,28). The number of amides is 2. The van der Waals surface area contributed by atoms with Crippen molar-refractivity contribution in [1.29, 1.82) is 0 Å².